The molecule has 2 aromatic rings. The van der Waals surface area contributed by atoms with Crippen LogP contribution in [0.5, 0.6) is 0 Å². The minimum atomic E-state index is -3.72. The highest BCUT2D eigenvalue weighted by Gasteiger charge is 2.21. The number of nitrogens with zero attached hydrogens (tertiary/aromatic N) is 3. The topological polar surface area (TPSA) is 88.9 Å². The molecule has 0 aliphatic rings. The minimum absolute atomic E-state index is 0.0559. The number of aromatic nitrogens is 3. The van der Waals surface area contributed by atoms with Crippen molar-refractivity contribution in [2.45, 2.75) is 24.8 Å². The molecular formula is C12H17N5O2S. The zero-order valence-corrected chi connectivity index (χ0v) is 12.3. The maximum absolute atomic E-state index is 12.4. The van der Waals surface area contributed by atoms with Crippen LogP contribution in [0.3, 0.4) is 0 Å². The highest BCUT2D eigenvalue weighted by molar-refractivity contribution is 7.92. The molecule has 0 unspecified atom stereocenters. The van der Waals surface area contributed by atoms with Crippen molar-refractivity contribution >= 4 is 21.7 Å². The molecule has 2 rings (SSSR count). The van der Waals surface area contributed by atoms with E-state index in [9.17, 15) is 8.42 Å². The summed E-state index contributed by atoms with van der Waals surface area (Å²) >= 11 is 0. The van der Waals surface area contributed by atoms with E-state index in [0.29, 0.717) is 11.6 Å². The lowest BCUT2D eigenvalue weighted by Gasteiger charge is -2.14. The van der Waals surface area contributed by atoms with Gasteiger partial charge >= 0.3 is 0 Å². The Morgan fingerprint density at radius 2 is 2.00 bits per heavy atom. The molecule has 2 aromatic heterocycles. The van der Waals surface area contributed by atoms with E-state index in [1.807, 2.05) is 13.8 Å². The summed E-state index contributed by atoms with van der Waals surface area (Å²) in [6, 6.07) is 4.75. The molecule has 0 bridgehead atoms. The molecule has 0 aromatic carbocycles. The molecule has 0 aliphatic heterocycles. The molecule has 7 nitrogen and oxygen atoms in total. The number of rotatable bonds is 5. The van der Waals surface area contributed by atoms with E-state index in [1.165, 1.54) is 12.3 Å². The predicted octanol–water partition coefficient (Wildman–Crippen LogP) is 1.70. The van der Waals surface area contributed by atoms with Crippen LogP contribution in [0.15, 0.2) is 35.5 Å². The molecule has 0 amide bonds. The first kappa shape index (κ1) is 14.3. The summed E-state index contributed by atoms with van der Waals surface area (Å²) in [5, 5.41) is 6.86. The summed E-state index contributed by atoms with van der Waals surface area (Å²) in [5.74, 6) is 0.724. The summed E-state index contributed by atoms with van der Waals surface area (Å²) in [4.78, 5) is 4.09. The van der Waals surface area contributed by atoms with Crippen LogP contribution in [0.25, 0.3) is 0 Å². The van der Waals surface area contributed by atoms with Crippen molar-refractivity contribution < 1.29 is 8.42 Å². The quantitative estimate of drug-likeness (QED) is 0.876. The number of hydrogen-bond donors (Lipinski definition) is 2. The number of sulfonamides is 1. The molecule has 0 saturated carbocycles. The standard InChI is InChI=1S/C12H17N5O2S/c1-9(2)17-11(6-8-15-17)16-20(18,19)10-5-4-7-14-12(10)13-3/h4-9,16H,1-3H3,(H,13,14). The normalized spacial score (nSPS) is 11.6. The summed E-state index contributed by atoms with van der Waals surface area (Å²) in [6.07, 6.45) is 3.09. The molecule has 108 valence electrons. The molecular weight excluding hydrogens is 278 g/mol. The largest absolute Gasteiger partial charge is 0.372 e. The predicted molar refractivity (Wildman–Crippen MR) is 77.2 cm³/mol. The van der Waals surface area contributed by atoms with E-state index in [-0.39, 0.29) is 10.9 Å². The second-order valence-corrected chi connectivity index (χ2v) is 6.11. The third-order valence-corrected chi connectivity index (χ3v) is 4.08. The minimum Gasteiger partial charge on any atom is -0.372 e. The number of nitrogens with one attached hydrogen (secondary N) is 2. The Morgan fingerprint density at radius 1 is 1.25 bits per heavy atom. The van der Waals surface area contributed by atoms with Gasteiger partial charge in [-0.3, -0.25) is 4.72 Å². The first-order valence-corrected chi connectivity index (χ1v) is 7.63. The summed E-state index contributed by atoms with van der Waals surface area (Å²) < 4.78 is 29.0. The van der Waals surface area contributed by atoms with Gasteiger partial charge in [0, 0.05) is 25.4 Å². The molecule has 0 fully saturated rings. The Kier molecular flexibility index (Phi) is 3.93. The van der Waals surface area contributed by atoms with Crippen LogP contribution in [0.4, 0.5) is 11.6 Å². The lowest BCUT2D eigenvalue weighted by Crippen LogP contribution is -2.18. The monoisotopic (exact) mass is 295 g/mol. The average Bonchev–Trinajstić information content (AvgIpc) is 2.86. The van der Waals surface area contributed by atoms with E-state index < -0.39 is 10.0 Å². The Bertz CT molecular complexity index is 693. The van der Waals surface area contributed by atoms with Crippen LogP contribution in [0, 0.1) is 0 Å². The van der Waals surface area contributed by atoms with Gasteiger partial charge in [-0.15, -0.1) is 0 Å². The first-order valence-electron chi connectivity index (χ1n) is 6.15. The van der Waals surface area contributed by atoms with Crippen LogP contribution < -0.4 is 10.0 Å². The molecule has 0 aliphatic carbocycles. The third-order valence-electron chi connectivity index (χ3n) is 2.70. The molecule has 20 heavy (non-hydrogen) atoms. The molecule has 0 saturated heterocycles. The lowest BCUT2D eigenvalue weighted by molar-refractivity contribution is 0.539. The van der Waals surface area contributed by atoms with Crippen molar-refractivity contribution in [3.05, 3.63) is 30.6 Å². The first-order chi connectivity index (χ1) is 9.45. The van der Waals surface area contributed by atoms with Crippen LogP contribution in [-0.2, 0) is 10.0 Å². The van der Waals surface area contributed by atoms with Gasteiger partial charge in [-0.25, -0.2) is 18.1 Å². The van der Waals surface area contributed by atoms with Gasteiger partial charge in [-0.05, 0) is 26.0 Å². The Labute approximate surface area is 118 Å². The fourth-order valence-electron chi connectivity index (χ4n) is 1.79. The van der Waals surface area contributed by atoms with Gasteiger partial charge in [0.15, 0.2) is 0 Å². The van der Waals surface area contributed by atoms with Crippen LogP contribution >= 0.6 is 0 Å². The van der Waals surface area contributed by atoms with E-state index in [4.69, 9.17) is 0 Å². The van der Waals surface area contributed by atoms with Gasteiger partial charge in [-0.2, -0.15) is 5.10 Å². The molecule has 0 atom stereocenters. The van der Waals surface area contributed by atoms with Gasteiger partial charge in [0.1, 0.15) is 16.5 Å². The van der Waals surface area contributed by atoms with Crippen LogP contribution in [0.2, 0.25) is 0 Å². The Morgan fingerprint density at radius 3 is 2.65 bits per heavy atom. The van der Waals surface area contributed by atoms with Crippen molar-refractivity contribution in [1.82, 2.24) is 14.8 Å². The average molecular weight is 295 g/mol. The summed E-state index contributed by atoms with van der Waals surface area (Å²) in [7, 11) is -2.09. The summed E-state index contributed by atoms with van der Waals surface area (Å²) in [6.45, 7) is 3.85. The van der Waals surface area contributed by atoms with Gasteiger partial charge < -0.3 is 5.32 Å². The second-order valence-electron chi connectivity index (χ2n) is 4.46. The second kappa shape index (κ2) is 5.49. The third kappa shape index (κ3) is 2.74. The smallest absolute Gasteiger partial charge is 0.266 e. The van der Waals surface area contributed by atoms with Crippen molar-refractivity contribution in [1.29, 1.82) is 0 Å². The number of hydrogen-bond acceptors (Lipinski definition) is 5. The lowest BCUT2D eigenvalue weighted by atomic mass is 10.4. The van der Waals surface area contributed by atoms with E-state index in [1.54, 1.807) is 30.1 Å². The number of anilines is 2. The van der Waals surface area contributed by atoms with Crippen molar-refractivity contribution in [2.75, 3.05) is 17.1 Å². The van der Waals surface area contributed by atoms with Gasteiger partial charge in [0.25, 0.3) is 10.0 Å². The van der Waals surface area contributed by atoms with Crippen LogP contribution in [0.1, 0.15) is 19.9 Å². The molecule has 8 heteroatoms. The van der Waals surface area contributed by atoms with Gasteiger partial charge in [0.05, 0.1) is 6.20 Å². The van der Waals surface area contributed by atoms with E-state index in [0.717, 1.165) is 0 Å². The van der Waals surface area contributed by atoms with Gasteiger partial charge in [-0.1, -0.05) is 0 Å². The molecule has 0 radical (unpaired) electrons. The Hall–Kier alpha value is -2.09. The fourth-order valence-corrected chi connectivity index (χ4v) is 3.01. The highest BCUT2D eigenvalue weighted by atomic mass is 32.2. The van der Waals surface area contributed by atoms with Crippen molar-refractivity contribution in [2.24, 2.45) is 0 Å². The Balaban J connectivity index is 2.39. The highest BCUT2D eigenvalue weighted by Crippen LogP contribution is 2.22. The van der Waals surface area contributed by atoms with E-state index in [2.05, 4.69) is 20.1 Å². The molecule has 2 heterocycles. The molecule has 0 spiro atoms. The zero-order valence-electron chi connectivity index (χ0n) is 11.5. The van der Waals surface area contributed by atoms with E-state index >= 15 is 0 Å². The van der Waals surface area contributed by atoms with Crippen LogP contribution in [-0.4, -0.2) is 30.2 Å². The van der Waals surface area contributed by atoms with Gasteiger partial charge in [0.2, 0.25) is 0 Å². The summed E-state index contributed by atoms with van der Waals surface area (Å²) in [5.41, 5.74) is 0. The maximum Gasteiger partial charge on any atom is 0.266 e. The fraction of sp³-hybridized carbons (Fsp3) is 0.333. The number of pyridine rings is 1. The van der Waals surface area contributed by atoms with Crippen molar-refractivity contribution in [3.63, 3.8) is 0 Å². The molecule has 2 N–H and O–H groups in total. The maximum atomic E-state index is 12.4. The van der Waals surface area contributed by atoms with Crippen molar-refractivity contribution in [3.8, 4) is 0 Å². The SMILES string of the molecule is CNc1ncccc1S(=O)(=O)Nc1ccnn1C(C)C. The zero-order chi connectivity index (χ0) is 14.8.